The van der Waals surface area contributed by atoms with Gasteiger partial charge in [-0.3, -0.25) is 0 Å². The third-order valence-corrected chi connectivity index (χ3v) is 9.22. The van der Waals surface area contributed by atoms with Gasteiger partial charge in [0.15, 0.2) is 0 Å². The first-order valence-electron chi connectivity index (χ1n) is 20.2. The molecule has 0 unspecified atom stereocenters. The van der Waals surface area contributed by atoms with Crippen molar-refractivity contribution in [3.05, 3.63) is 170 Å². The fourth-order valence-electron chi connectivity index (χ4n) is 7.30. The zero-order chi connectivity index (χ0) is 38.9. The largest absolute Gasteiger partial charge is 0.0630 e. The second kappa shape index (κ2) is 9.76. The van der Waals surface area contributed by atoms with Crippen LogP contribution in [0, 0.1) is 0 Å². The van der Waals surface area contributed by atoms with Gasteiger partial charge in [-0.25, -0.2) is 0 Å². The average molecular weight is 591 g/mol. The Hall–Kier alpha value is -5.98. The zero-order valence-corrected chi connectivity index (χ0v) is 24.4. The molecule has 0 aliphatic rings. The van der Waals surface area contributed by atoms with Gasteiger partial charge < -0.3 is 0 Å². The third kappa shape index (κ3) is 3.62. The Morgan fingerprint density at radius 3 is 1.70 bits per heavy atom. The molecule has 46 heavy (non-hydrogen) atoms. The van der Waals surface area contributed by atoms with Crippen LogP contribution in [0.15, 0.2) is 170 Å². The Morgan fingerprint density at radius 2 is 0.935 bits per heavy atom. The molecule has 10 rings (SSSR count). The van der Waals surface area contributed by atoms with E-state index in [4.69, 9.17) is 6.85 Å². The second-order valence-corrected chi connectivity index (χ2v) is 11.7. The van der Waals surface area contributed by atoms with Gasteiger partial charge in [0, 0.05) is 0 Å². The molecule has 0 nitrogen and oxygen atoms in total. The summed E-state index contributed by atoms with van der Waals surface area (Å²) in [5.41, 5.74) is 3.87. The predicted molar refractivity (Wildman–Crippen MR) is 199 cm³/mol. The molecule has 0 spiro atoms. The number of benzene rings is 10. The molecular weight excluding hydrogens is 553 g/mol. The monoisotopic (exact) mass is 590 g/mol. The molecule has 10 aromatic rings. The van der Waals surface area contributed by atoms with E-state index in [0.717, 1.165) is 43.4 Å². The molecule has 0 N–H and O–H groups in total. The third-order valence-electron chi connectivity index (χ3n) is 9.22. The SMILES string of the molecule is [2H]c1c([2H])c([2H])c2c(-c3cc4ccc5ccc(-c6ccccc6)c6ccc(c3)c4c56)c3c(c([2H])c([2H])c4c([2H])c([2H])c([2H])c([2H])c43)c(-c3ccccc3)c2c1[2H]. The van der Waals surface area contributed by atoms with Crippen molar-refractivity contribution in [1.82, 2.24) is 0 Å². The molecule has 0 amide bonds. The highest BCUT2D eigenvalue weighted by Crippen LogP contribution is 2.48. The first-order chi connectivity index (χ1) is 27.0. The van der Waals surface area contributed by atoms with Crippen LogP contribution in [-0.4, -0.2) is 0 Å². The fourth-order valence-corrected chi connectivity index (χ4v) is 7.30. The standard InChI is InChI=1S/C46H28/c1-3-11-29(12-4-1)36-24-22-32-19-20-33-27-35(28-34-23-25-40(36)44(32)42(33)34)45-39-18-10-9-17-38(39)43(31-14-5-2-6-15-31)41-26-21-30-13-7-8-16-37(30)46(41)45/h1-28H/i7D,8D,9D,10D,13D,16D,17D,18D,21D,26D. The smallest absolute Gasteiger partial charge is 0.0622 e. The van der Waals surface area contributed by atoms with E-state index in [0.29, 0.717) is 22.3 Å². The molecule has 0 heterocycles. The number of hydrogen-bond acceptors (Lipinski definition) is 0. The Morgan fingerprint density at radius 1 is 0.326 bits per heavy atom. The zero-order valence-electron chi connectivity index (χ0n) is 34.4. The minimum absolute atomic E-state index is 0.0195. The Kier molecular flexibility index (Phi) is 3.71. The normalized spacial score (nSPS) is 15.0. The predicted octanol–water partition coefficient (Wildman–Crippen LogP) is 13.0. The van der Waals surface area contributed by atoms with E-state index in [1.54, 1.807) is 24.3 Å². The van der Waals surface area contributed by atoms with Crippen molar-refractivity contribution in [3.63, 3.8) is 0 Å². The highest BCUT2D eigenvalue weighted by atomic mass is 14.2. The lowest BCUT2D eigenvalue weighted by Gasteiger charge is -2.20. The van der Waals surface area contributed by atoms with Crippen LogP contribution in [-0.2, 0) is 0 Å². The quantitative estimate of drug-likeness (QED) is 0.142. The maximum absolute atomic E-state index is 9.56. The molecule has 0 heteroatoms. The van der Waals surface area contributed by atoms with E-state index in [-0.39, 0.29) is 50.4 Å². The van der Waals surface area contributed by atoms with E-state index in [2.05, 4.69) is 36.4 Å². The van der Waals surface area contributed by atoms with Crippen LogP contribution in [0.3, 0.4) is 0 Å². The molecule has 0 fully saturated rings. The second-order valence-electron chi connectivity index (χ2n) is 11.7. The molecule has 0 aliphatic heterocycles. The molecule has 0 saturated carbocycles. The summed E-state index contributed by atoms with van der Waals surface area (Å²) in [6, 6.07) is 31.4. The van der Waals surface area contributed by atoms with Crippen LogP contribution in [0.5, 0.6) is 0 Å². The summed E-state index contributed by atoms with van der Waals surface area (Å²) in [6.45, 7) is 0. The van der Waals surface area contributed by atoms with Crippen molar-refractivity contribution < 1.29 is 13.7 Å². The van der Waals surface area contributed by atoms with Crippen LogP contribution in [0.2, 0.25) is 0 Å². The molecule has 0 atom stereocenters. The van der Waals surface area contributed by atoms with Crippen LogP contribution in [0.25, 0.3) is 98.0 Å². The summed E-state index contributed by atoms with van der Waals surface area (Å²) in [6.07, 6.45) is 0. The minimum Gasteiger partial charge on any atom is -0.0622 e. The highest BCUT2D eigenvalue weighted by molar-refractivity contribution is 6.30. The first-order valence-corrected chi connectivity index (χ1v) is 15.2. The van der Waals surface area contributed by atoms with Gasteiger partial charge in [0.05, 0.1) is 13.7 Å². The molecule has 0 bridgehead atoms. The molecular formula is C46H28. The number of fused-ring (bicyclic) bond motifs is 4. The Bertz CT molecular complexity index is 3320. The van der Waals surface area contributed by atoms with E-state index >= 15 is 0 Å². The van der Waals surface area contributed by atoms with Crippen molar-refractivity contribution in [1.29, 1.82) is 0 Å². The van der Waals surface area contributed by atoms with E-state index in [1.165, 1.54) is 0 Å². The summed E-state index contributed by atoms with van der Waals surface area (Å²) >= 11 is 0. The Balaban J connectivity index is 1.47. The van der Waals surface area contributed by atoms with Crippen molar-refractivity contribution in [2.75, 3.05) is 0 Å². The summed E-state index contributed by atoms with van der Waals surface area (Å²) in [5, 5.41) is 6.58. The fraction of sp³-hybridized carbons (Fsp3) is 0. The van der Waals surface area contributed by atoms with Gasteiger partial charge in [-0.2, -0.15) is 0 Å². The van der Waals surface area contributed by atoms with Crippen molar-refractivity contribution in [2.24, 2.45) is 0 Å². The van der Waals surface area contributed by atoms with Crippen molar-refractivity contribution in [2.45, 2.75) is 0 Å². The van der Waals surface area contributed by atoms with Crippen LogP contribution >= 0.6 is 0 Å². The van der Waals surface area contributed by atoms with Crippen LogP contribution in [0.4, 0.5) is 0 Å². The van der Waals surface area contributed by atoms with E-state index in [1.807, 2.05) is 48.5 Å². The van der Waals surface area contributed by atoms with Gasteiger partial charge >= 0.3 is 0 Å². The van der Waals surface area contributed by atoms with Gasteiger partial charge in [-0.05, 0) is 110 Å². The molecule has 0 aromatic heterocycles. The molecule has 0 aliphatic carbocycles. The number of rotatable bonds is 3. The van der Waals surface area contributed by atoms with Crippen molar-refractivity contribution >= 4 is 64.6 Å². The summed E-state index contributed by atoms with van der Waals surface area (Å²) < 4.78 is 90.8. The van der Waals surface area contributed by atoms with Gasteiger partial charge in [-0.15, -0.1) is 0 Å². The van der Waals surface area contributed by atoms with Crippen LogP contribution < -0.4 is 0 Å². The topological polar surface area (TPSA) is 0 Å². The Labute approximate surface area is 281 Å². The lowest BCUT2D eigenvalue weighted by molar-refractivity contribution is 1.66. The number of hydrogen-bond donors (Lipinski definition) is 0. The lowest BCUT2D eigenvalue weighted by Crippen LogP contribution is -1.93. The van der Waals surface area contributed by atoms with Crippen LogP contribution in [0.1, 0.15) is 13.7 Å². The van der Waals surface area contributed by atoms with E-state index < -0.39 is 42.3 Å². The van der Waals surface area contributed by atoms with Gasteiger partial charge in [0.2, 0.25) is 0 Å². The summed E-state index contributed by atoms with van der Waals surface area (Å²) in [4.78, 5) is 0. The lowest BCUT2D eigenvalue weighted by atomic mass is 9.82. The molecule has 0 radical (unpaired) electrons. The van der Waals surface area contributed by atoms with Gasteiger partial charge in [0.25, 0.3) is 0 Å². The van der Waals surface area contributed by atoms with Gasteiger partial charge in [0.1, 0.15) is 0 Å². The van der Waals surface area contributed by atoms with Crippen molar-refractivity contribution in [3.8, 4) is 33.4 Å². The highest BCUT2D eigenvalue weighted by Gasteiger charge is 2.20. The molecule has 212 valence electrons. The summed E-state index contributed by atoms with van der Waals surface area (Å²) in [7, 11) is 0. The van der Waals surface area contributed by atoms with Gasteiger partial charge in [-0.1, -0.05) is 157 Å². The maximum Gasteiger partial charge on any atom is 0.0630 e. The first kappa shape index (κ1) is 17.5. The maximum atomic E-state index is 9.56. The average Bonchev–Trinajstić information content (AvgIpc) is 3.23. The molecule has 0 saturated heterocycles. The minimum atomic E-state index is -0.528. The van der Waals surface area contributed by atoms with E-state index in [9.17, 15) is 6.85 Å². The molecule has 10 aromatic carbocycles. The summed E-state index contributed by atoms with van der Waals surface area (Å²) in [5.74, 6) is 0.